The second-order valence-electron chi connectivity index (χ2n) is 13.3. The summed E-state index contributed by atoms with van der Waals surface area (Å²) in [6, 6.07) is 37.6. The van der Waals surface area contributed by atoms with Crippen LogP contribution in [0.25, 0.3) is 70.8 Å². The Kier molecular flexibility index (Phi) is 5.47. The molecule has 0 unspecified atom stereocenters. The minimum atomic E-state index is 0.455. The van der Waals surface area contributed by atoms with Crippen LogP contribution >= 0.6 is 0 Å². The first-order valence-corrected chi connectivity index (χ1v) is 15.5. The number of nitrogens with zero attached hydrogens (tertiary/aromatic N) is 1. The van der Waals surface area contributed by atoms with Crippen molar-refractivity contribution in [2.75, 3.05) is 0 Å². The van der Waals surface area contributed by atoms with Crippen LogP contribution in [-0.4, -0.2) is 4.40 Å². The number of rotatable bonds is 4. The Bertz CT molecular complexity index is 2190. The van der Waals surface area contributed by atoms with Crippen molar-refractivity contribution in [3.05, 3.63) is 114 Å². The molecule has 0 aliphatic carbocycles. The molecule has 0 aliphatic rings. The minimum Gasteiger partial charge on any atom is -0.308 e. The van der Waals surface area contributed by atoms with Crippen LogP contribution in [0.4, 0.5) is 0 Å². The molecule has 2 heterocycles. The first kappa shape index (κ1) is 25.4. The Morgan fingerprint density at radius 3 is 1.48 bits per heavy atom. The largest absolute Gasteiger partial charge is 0.308 e. The fourth-order valence-electron chi connectivity index (χ4n) is 7.20. The van der Waals surface area contributed by atoms with Crippen LogP contribution < -0.4 is 0 Å². The molecule has 0 spiro atoms. The summed E-state index contributed by atoms with van der Waals surface area (Å²) in [6.07, 6.45) is 0. The topological polar surface area (TPSA) is 4.41 Å². The Morgan fingerprint density at radius 1 is 0.452 bits per heavy atom. The lowest BCUT2D eigenvalue weighted by Crippen LogP contribution is -1.92. The van der Waals surface area contributed by atoms with Crippen LogP contribution in [0.5, 0.6) is 0 Å². The van der Waals surface area contributed by atoms with Gasteiger partial charge in [0.15, 0.2) is 0 Å². The van der Waals surface area contributed by atoms with Gasteiger partial charge in [-0.05, 0) is 104 Å². The number of benzene rings is 6. The Balaban J connectivity index is 1.55. The standard InChI is InChI=1S/C41H37N/c1-23(2)26-11-13-28-21-39-35(17-30(28)15-26)37-19-32(34-10-8-7-9-33(34)25(5)6)20-38-36-18-31-16-27(24(3)4)12-14-29(31)22-40(36)42(39)41(37)38/h7-25H,1-6H3. The maximum absolute atomic E-state index is 2.54. The Hall–Kier alpha value is -4.36. The van der Waals surface area contributed by atoms with Crippen LogP contribution in [0.2, 0.25) is 0 Å². The molecule has 206 valence electrons. The van der Waals surface area contributed by atoms with Crippen molar-refractivity contribution in [2.24, 2.45) is 0 Å². The van der Waals surface area contributed by atoms with E-state index in [-0.39, 0.29) is 0 Å². The first-order valence-electron chi connectivity index (χ1n) is 15.5. The van der Waals surface area contributed by atoms with Gasteiger partial charge < -0.3 is 4.40 Å². The zero-order chi connectivity index (χ0) is 28.9. The summed E-state index contributed by atoms with van der Waals surface area (Å²) >= 11 is 0. The molecule has 0 saturated carbocycles. The van der Waals surface area contributed by atoms with E-state index in [4.69, 9.17) is 0 Å². The number of hydrogen-bond donors (Lipinski definition) is 0. The van der Waals surface area contributed by atoms with Crippen molar-refractivity contribution in [2.45, 2.75) is 59.3 Å². The molecule has 42 heavy (non-hydrogen) atoms. The third-order valence-corrected chi connectivity index (χ3v) is 9.58. The van der Waals surface area contributed by atoms with Crippen molar-refractivity contribution >= 4 is 59.6 Å². The van der Waals surface area contributed by atoms with Gasteiger partial charge in [-0.25, -0.2) is 0 Å². The van der Waals surface area contributed by atoms with Crippen LogP contribution in [0.15, 0.2) is 97.1 Å². The SMILES string of the molecule is CC(C)c1ccc2cc3c(cc2c1)c1cc(-c2ccccc2C(C)C)cc2c4cc5cc(C(C)C)ccc5cc4n3c12. The van der Waals surface area contributed by atoms with Gasteiger partial charge in [-0.2, -0.15) is 0 Å². The third-order valence-electron chi connectivity index (χ3n) is 9.58. The average Bonchev–Trinajstić information content (AvgIpc) is 3.48. The zero-order valence-electron chi connectivity index (χ0n) is 25.4. The molecule has 0 fully saturated rings. The number of aromatic nitrogens is 1. The Labute approximate surface area is 247 Å². The maximum Gasteiger partial charge on any atom is 0.0620 e. The minimum absolute atomic E-state index is 0.455. The van der Waals surface area contributed by atoms with Gasteiger partial charge in [-0.1, -0.05) is 102 Å². The molecule has 1 heteroatoms. The third kappa shape index (κ3) is 3.62. The van der Waals surface area contributed by atoms with E-state index < -0.39 is 0 Å². The molecule has 6 aromatic carbocycles. The van der Waals surface area contributed by atoms with Gasteiger partial charge in [0.1, 0.15) is 0 Å². The summed E-state index contributed by atoms with van der Waals surface area (Å²) < 4.78 is 2.54. The molecule has 0 atom stereocenters. The predicted molar refractivity (Wildman–Crippen MR) is 184 cm³/mol. The summed E-state index contributed by atoms with van der Waals surface area (Å²) in [6.45, 7) is 13.7. The highest BCUT2D eigenvalue weighted by molar-refractivity contribution is 6.27. The van der Waals surface area contributed by atoms with Crippen LogP contribution in [0.1, 0.15) is 76.0 Å². The molecule has 0 bridgehead atoms. The van der Waals surface area contributed by atoms with E-state index in [0.29, 0.717) is 17.8 Å². The van der Waals surface area contributed by atoms with Gasteiger partial charge in [-0.15, -0.1) is 0 Å². The summed E-state index contributed by atoms with van der Waals surface area (Å²) in [5, 5.41) is 10.6. The maximum atomic E-state index is 2.54. The first-order chi connectivity index (χ1) is 20.3. The Morgan fingerprint density at radius 2 is 0.976 bits per heavy atom. The quantitative estimate of drug-likeness (QED) is 0.208. The van der Waals surface area contributed by atoms with Crippen molar-refractivity contribution in [3.63, 3.8) is 0 Å². The zero-order valence-corrected chi connectivity index (χ0v) is 25.4. The van der Waals surface area contributed by atoms with E-state index >= 15 is 0 Å². The van der Waals surface area contributed by atoms with Gasteiger partial charge >= 0.3 is 0 Å². The molecule has 0 radical (unpaired) electrons. The molecular formula is C41H37N. The molecule has 8 aromatic rings. The summed E-state index contributed by atoms with van der Waals surface area (Å²) in [5.41, 5.74) is 10.8. The lowest BCUT2D eigenvalue weighted by atomic mass is 9.90. The summed E-state index contributed by atoms with van der Waals surface area (Å²) in [7, 11) is 0. The van der Waals surface area contributed by atoms with E-state index in [0.717, 1.165) is 0 Å². The molecule has 2 aromatic heterocycles. The highest BCUT2D eigenvalue weighted by Crippen LogP contribution is 2.45. The number of fused-ring (bicyclic) bond motifs is 8. The molecule has 1 nitrogen and oxygen atoms in total. The van der Waals surface area contributed by atoms with E-state index in [1.165, 1.54) is 87.5 Å². The second kappa shape index (κ2) is 9.07. The summed E-state index contributed by atoms with van der Waals surface area (Å²) in [5.74, 6) is 1.47. The fraction of sp³-hybridized carbons (Fsp3) is 0.220. The van der Waals surface area contributed by atoms with Crippen molar-refractivity contribution in [3.8, 4) is 11.1 Å². The van der Waals surface area contributed by atoms with Gasteiger partial charge in [-0.3, -0.25) is 0 Å². The van der Waals surface area contributed by atoms with E-state index in [9.17, 15) is 0 Å². The van der Waals surface area contributed by atoms with Crippen molar-refractivity contribution in [1.29, 1.82) is 0 Å². The fourth-order valence-corrected chi connectivity index (χ4v) is 7.20. The van der Waals surface area contributed by atoms with Crippen molar-refractivity contribution in [1.82, 2.24) is 4.40 Å². The normalized spacial score (nSPS) is 12.7. The second-order valence-corrected chi connectivity index (χ2v) is 13.3. The highest BCUT2D eigenvalue weighted by atomic mass is 14.9. The van der Waals surface area contributed by atoms with Crippen LogP contribution in [-0.2, 0) is 0 Å². The van der Waals surface area contributed by atoms with Gasteiger partial charge in [0.25, 0.3) is 0 Å². The van der Waals surface area contributed by atoms with Gasteiger partial charge in [0.05, 0.1) is 16.6 Å². The van der Waals surface area contributed by atoms with Crippen LogP contribution in [0, 0.1) is 0 Å². The molecule has 0 aliphatic heterocycles. The summed E-state index contributed by atoms with van der Waals surface area (Å²) in [4.78, 5) is 0. The van der Waals surface area contributed by atoms with Crippen LogP contribution in [0.3, 0.4) is 0 Å². The lowest BCUT2D eigenvalue weighted by Gasteiger charge is -2.13. The molecule has 0 saturated heterocycles. The lowest BCUT2D eigenvalue weighted by molar-refractivity contribution is 0.869. The van der Waals surface area contributed by atoms with Gasteiger partial charge in [0.2, 0.25) is 0 Å². The molecular weight excluding hydrogens is 506 g/mol. The van der Waals surface area contributed by atoms with E-state index in [1.807, 2.05) is 0 Å². The highest BCUT2D eigenvalue weighted by Gasteiger charge is 2.21. The predicted octanol–water partition coefficient (Wildman–Crippen LogP) is 12.2. The van der Waals surface area contributed by atoms with E-state index in [1.54, 1.807) is 0 Å². The average molecular weight is 544 g/mol. The van der Waals surface area contributed by atoms with Gasteiger partial charge in [0, 0.05) is 21.5 Å². The molecule has 8 rings (SSSR count). The molecule has 0 N–H and O–H groups in total. The smallest absolute Gasteiger partial charge is 0.0620 e. The molecule has 0 amide bonds. The number of hydrogen-bond acceptors (Lipinski definition) is 0. The monoisotopic (exact) mass is 543 g/mol. The van der Waals surface area contributed by atoms with E-state index in [2.05, 4.69) is 143 Å². The van der Waals surface area contributed by atoms with Crippen molar-refractivity contribution < 1.29 is 0 Å².